The molecule has 0 aliphatic rings. The number of allylic oxidation sites excluding steroid dienone is 22. The van der Waals surface area contributed by atoms with E-state index in [1.165, 1.54) is 77.0 Å². The number of unbranched alkanes of at least 4 members (excludes halogenated alkanes) is 19. The fraction of sp³-hybridized carbons (Fsp3) is 0.657. The third-order valence-corrected chi connectivity index (χ3v) is 13.9. The third kappa shape index (κ3) is 58.3. The average Bonchev–Trinajstić information content (AvgIpc) is 3.38. The van der Waals surface area contributed by atoms with Gasteiger partial charge in [0.25, 0.3) is 0 Å². The van der Waals surface area contributed by atoms with Crippen molar-refractivity contribution in [3.8, 4) is 0 Å². The number of quaternary nitrogens is 1. The van der Waals surface area contributed by atoms with Crippen molar-refractivity contribution >= 4 is 13.7 Å². The first-order valence-corrected chi connectivity index (χ1v) is 32.0. The molecule has 0 aromatic rings. The number of phosphoric ester groups is 1. The first-order valence-electron chi connectivity index (χ1n) is 30.5. The summed E-state index contributed by atoms with van der Waals surface area (Å²) in [7, 11) is 1.58. The highest BCUT2D eigenvalue weighted by atomic mass is 31.2. The van der Waals surface area contributed by atoms with E-state index in [4.69, 9.17) is 9.05 Å². The van der Waals surface area contributed by atoms with Crippen LogP contribution in [0.3, 0.4) is 0 Å². The van der Waals surface area contributed by atoms with Gasteiger partial charge in [0.05, 0.1) is 39.9 Å². The molecule has 3 unspecified atom stereocenters. The zero-order chi connectivity index (χ0) is 55.6. The van der Waals surface area contributed by atoms with Gasteiger partial charge >= 0.3 is 7.82 Å². The minimum Gasteiger partial charge on any atom is -0.391 e. The van der Waals surface area contributed by atoms with E-state index in [2.05, 4.69) is 153 Å². The summed E-state index contributed by atoms with van der Waals surface area (Å²) >= 11 is 0. The van der Waals surface area contributed by atoms with Crippen LogP contribution in [0.25, 0.3) is 0 Å². The molecule has 0 fully saturated rings. The maximum Gasteiger partial charge on any atom is 0.472 e. The highest BCUT2D eigenvalue weighted by Crippen LogP contribution is 2.43. The summed E-state index contributed by atoms with van der Waals surface area (Å²) in [6.45, 7) is 4.75. The van der Waals surface area contributed by atoms with Gasteiger partial charge in [-0.1, -0.05) is 263 Å². The molecule has 0 bridgehead atoms. The molecule has 0 aliphatic carbocycles. The quantitative estimate of drug-likeness (QED) is 0.0243. The number of phosphoric acid groups is 1. The number of likely N-dealkylation sites (N-methyl/N-ethyl adjacent to an activating group) is 1. The van der Waals surface area contributed by atoms with Crippen molar-refractivity contribution in [1.82, 2.24) is 5.32 Å². The van der Waals surface area contributed by atoms with E-state index in [1.54, 1.807) is 0 Å². The zero-order valence-corrected chi connectivity index (χ0v) is 50.3. The van der Waals surface area contributed by atoms with Crippen molar-refractivity contribution in [2.24, 2.45) is 0 Å². The van der Waals surface area contributed by atoms with Crippen LogP contribution in [-0.4, -0.2) is 73.4 Å². The SMILES string of the molecule is CC/C=C\C/C=C\C/C=C\C/C=C\C/C=C\C/C=C\C/C=C\C/C=C\C/C=C\C/C=C\C/C=C\CCCCCCCC(=O)NC(COP(=O)(O)OCC[N+](C)(C)C)C(O)CCCCCCCCCCCCCCCCC. The van der Waals surface area contributed by atoms with Crippen LogP contribution in [0.15, 0.2) is 134 Å². The molecule has 0 aromatic heterocycles. The lowest BCUT2D eigenvalue weighted by molar-refractivity contribution is -0.870. The van der Waals surface area contributed by atoms with Crippen molar-refractivity contribution in [2.75, 3.05) is 40.9 Å². The van der Waals surface area contributed by atoms with Gasteiger partial charge in [-0.05, 0) is 96.3 Å². The average molecular weight is 1080 g/mol. The van der Waals surface area contributed by atoms with Crippen LogP contribution < -0.4 is 5.32 Å². The standard InChI is InChI=1S/C67H115N2O6P/c1-6-8-10-12-14-16-18-20-22-23-24-25-26-27-28-29-30-31-32-33-34-35-36-37-38-39-40-41-42-43-44-45-47-49-51-53-55-57-59-61-67(71)68-65(64-75-76(72,73)74-63-62-69(3,4)5)66(70)60-58-56-54-52-50-48-46-21-19-17-15-13-11-9-7-2/h8,10,14,16,20,22,24-25,27-28,30-31,33-34,36-37,39-40,42-43,45,47,65-66,70H,6-7,9,11-13,15,17-19,21,23,26,29,32,35,38,41,44,46,48-64H2,1-5H3,(H-,68,71,72,73)/p+1/b10-8-,16-14-,22-20-,25-24-,28-27-,31-30-,34-33-,37-36-,40-39-,43-42-,47-45-. The Bertz CT molecular complexity index is 1700. The number of carbonyl (C=O) groups excluding carboxylic acids is 1. The molecule has 9 heteroatoms. The van der Waals surface area contributed by atoms with Crippen LogP contribution in [0.1, 0.15) is 232 Å². The predicted octanol–water partition coefficient (Wildman–Crippen LogP) is 19.1. The Morgan fingerprint density at radius 3 is 1.16 bits per heavy atom. The number of rotatable bonds is 54. The molecular weight excluding hydrogens is 960 g/mol. The Kier molecular flexibility index (Phi) is 53.9. The summed E-state index contributed by atoms with van der Waals surface area (Å²) in [5.74, 6) is -0.168. The minimum absolute atomic E-state index is 0.0639. The Morgan fingerprint density at radius 2 is 0.789 bits per heavy atom. The van der Waals surface area contributed by atoms with Crippen LogP contribution in [-0.2, 0) is 18.4 Å². The van der Waals surface area contributed by atoms with Crippen LogP contribution >= 0.6 is 7.82 Å². The van der Waals surface area contributed by atoms with Crippen molar-refractivity contribution in [2.45, 2.75) is 244 Å². The van der Waals surface area contributed by atoms with Gasteiger partial charge in [0.1, 0.15) is 13.2 Å². The second-order valence-corrected chi connectivity index (χ2v) is 22.8. The number of aliphatic hydroxyl groups is 1. The number of hydrogen-bond donors (Lipinski definition) is 3. The van der Waals surface area contributed by atoms with Gasteiger partial charge in [-0.15, -0.1) is 0 Å². The second-order valence-electron chi connectivity index (χ2n) is 21.3. The number of nitrogens with one attached hydrogen (secondary N) is 1. The van der Waals surface area contributed by atoms with E-state index in [0.29, 0.717) is 23.9 Å². The maximum absolute atomic E-state index is 13.0. The van der Waals surface area contributed by atoms with E-state index in [9.17, 15) is 19.4 Å². The summed E-state index contributed by atoms with van der Waals surface area (Å²) in [6, 6.07) is -0.781. The molecule has 0 heterocycles. The van der Waals surface area contributed by atoms with Crippen molar-refractivity contribution in [3.05, 3.63) is 134 Å². The van der Waals surface area contributed by atoms with Crippen molar-refractivity contribution in [1.29, 1.82) is 0 Å². The Balaban J connectivity index is 4.17. The van der Waals surface area contributed by atoms with Gasteiger partial charge in [-0.25, -0.2) is 4.57 Å². The third-order valence-electron chi connectivity index (χ3n) is 12.9. The van der Waals surface area contributed by atoms with Crippen LogP contribution in [0, 0.1) is 0 Å². The van der Waals surface area contributed by atoms with Crippen molar-refractivity contribution in [3.63, 3.8) is 0 Å². The first-order chi connectivity index (χ1) is 37.0. The molecule has 3 N–H and O–H groups in total. The van der Waals surface area contributed by atoms with Gasteiger partial charge in [-0.3, -0.25) is 13.8 Å². The fourth-order valence-corrected chi connectivity index (χ4v) is 8.90. The summed E-state index contributed by atoms with van der Waals surface area (Å²) in [5.41, 5.74) is 0. The van der Waals surface area contributed by atoms with Gasteiger partial charge < -0.3 is 19.8 Å². The number of hydrogen-bond acceptors (Lipinski definition) is 5. The monoisotopic (exact) mass is 1080 g/mol. The minimum atomic E-state index is -4.34. The normalized spacial score (nSPS) is 14.8. The van der Waals surface area contributed by atoms with E-state index < -0.39 is 20.0 Å². The van der Waals surface area contributed by atoms with Crippen molar-refractivity contribution < 1.29 is 32.9 Å². The Morgan fingerprint density at radius 1 is 0.461 bits per heavy atom. The molecule has 0 aromatic carbocycles. The maximum atomic E-state index is 13.0. The molecular formula is C67H116N2O6P+. The lowest BCUT2D eigenvalue weighted by atomic mass is 10.0. The van der Waals surface area contributed by atoms with Crippen LogP contribution in [0.4, 0.5) is 0 Å². The molecule has 0 saturated carbocycles. The first kappa shape index (κ1) is 72.6. The van der Waals surface area contributed by atoms with E-state index >= 15 is 0 Å². The molecule has 76 heavy (non-hydrogen) atoms. The molecule has 0 saturated heterocycles. The van der Waals surface area contributed by atoms with E-state index in [1.807, 2.05) is 21.1 Å². The van der Waals surface area contributed by atoms with Gasteiger partial charge in [0.15, 0.2) is 0 Å². The number of carbonyl (C=O) groups is 1. The summed E-state index contributed by atoms with van der Waals surface area (Å²) in [4.78, 5) is 23.3. The topological polar surface area (TPSA) is 105 Å². The highest BCUT2D eigenvalue weighted by Gasteiger charge is 2.28. The Hall–Kier alpha value is -3.36. The van der Waals surface area contributed by atoms with Crippen LogP contribution in [0.5, 0.6) is 0 Å². The molecule has 0 aliphatic heterocycles. The fourth-order valence-electron chi connectivity index (χ4n) is 8.17. The number of aliphatic hydroxyl groups excluding tert-OH is 1. The Labute approximate surface area is 468 Å². The molecule has 434 valence electrons. The summed E-state index contributed by atoms with van der Waals surface area (Å²) in [6.07, 6.45) is 85.1. The largest absolute Gasteiger partial charge is 0.472 e. The van der Waals surface area contributed by atoms with E-state index in [0.717, 1.165) is 128 Å². The second kappa shape index (κ2) is 56.4. The highest BCUT2D eigenvalue weighted by molar-refractivity contribution is 7.47. The molecule has 0 spiro atoms. The van der Waals surface area contributed by atoms with Gasteiger partial charge in [0, 0.05) is 6.42 Å². The lowest BCUT2D eigenvalue weighted by Gasteiger charge is -2.26. The van der Waals surface area contributed by atoms with Crippen LogP contribution in [0.2, 0.25) is 0 Å². The zero-order valence-electron chi connectivity index (χ0n) is 49.4. The summed E-state index contributed by atoms with van der Waals surface area (Å²) in [5, 5.41) is 14.0. The number of nitrogens with zero attached hydrogens (tertiary/aromatic N) is 1. The molecule has 8 nitrogen and oxygen atoms in total. The molecule has 0 rings (SSSR count). The molecule has 1 amide bonds. The smallest absolute Gasteiger partial charge is 0.391 e. The molecule has 0 radical (unpaired) electrons. The van der Waals surface area contributed by atoms with Gasteiger partial charge in [-0.2, -0.15) is 0 Å². The predicted molar refractivity (Wildman–Crippen MR) is 331 cm³/mol. The van der Waals surface area contributed by atoms with E-state index in [-0.39, 0.29) is 19.1 Å². The lowest BCUT2D eigenvalue weighted by Crippen LogP contribution is -2.46. The van der Waals surface area contributed by atoms with Gasteiger partial charge in [0.2, 0.25) is 5.91 Å². The number of amides is 1. The summed E-state index contributed by atoms with van der Waals surface area (Å²) < 4.78 is 23.8. The molecule has 3 atom stereocenters.